The molecular formula is C13H24O. The van der Waals surface area contributed by atoms with E-state index in [4.69, 9.17) is 0 Å². The summed E-state index contributed by atoms with van der Waals surface area (Å²) in [7, 11) is 0. The first kappa shape index (κ1) is 11.7. The van der Waals surface area contributed by atoms with Crippen molar-refractivity contribution in [1.29, 1.82) is 0 Å². The molecule has 1 rings (SSSR count). The van der Waals surface area contributed by atoms with Crippen LogP contribution in [0.2, 0.25) is 0 Å². The fourth-order valence-electron chi connectivity index (χ4n) is 2.74. The quantitative estimate of drug-likeness (QED) is 0.668. The lowest BCUT2D eigenvalue weighted by molar-refractivity contribution is -0.124. The fraction of sp³-hybridized carbons (Fsp3) is 0.923. The second kappa shape index (κ2) is 5.53. The van der Waals surface area contributed by atoms with Crippen LogP contribution in [0.4, 0.5) is 0 Å². The Morgan fingerprint density at radius 3 is 2.64 bits per heavy atom. The first-order valence-corrected chi connectivity index (χ1v) is 6.21. The molecule has 0 radical (unpaired) electrons. The lowest BCUT2D eigenvalue weighted by Crippen LogP contribution is -2.26. The first-order chi connectivity index (χ1) is 6.69. The van der Waals surface area contributed by atoms with Gasteiger partial charge in [0.15, 0.2) is 0 Å². The monoisotopic (exact) mass is 196 g/mol. The largest absolute Gasteiger partial charge is 0.299 e. The van der Waals surface area contributed by atoms with Crippen LogP contribution < -0.4 is 0 Å². The van der Waals surface area contributed by atoms with Gasteiger partial charge in [0.1, 0.15) is 5.78 Å². The highest BCUT2D eigenvalue weighted by molar-refractivity contribution is 5.80. The van der Waals surface area contributed by atoms with E-state index in [1.54, 1.807) is 0 Å². The molecule has 1 fully saturated rings. The first-order valence-electron chi connectivity index (χ1n) is 6.21. The van der Waals surface area contributed by atoms with Crippen molar-refractivity contribution in [3.05, 3.63) is 0 Å². The van der Waals surface area contributed by atoms with Crippen LogP contribution >= 0.6 is 0 Å². The van der Waals surface area contributed by atoms with E-state index in [0.717, 1.165) is 5.92 Å². The number of hydrogen-bond donors (Lipinski definition) is 0. The lowest BCUT2D eigenvalue weighted by Gasteiger charge is -2.31. The van der Waals surface area contributed by atoms with E-state index in [9.17, 15) is 4.79 Å². The summed E-state index contributed by atoms with van der Waals surface area (Å²) < 4.78 is 0. The van der Waals surface area contributed by atoms with Gasteiger partial charge in [-0.15, -0.1) is 0 Å². The fourth-order valence-corrected chi connectivity index (χ4v) is 2.74. The molecule has 0 saturated heterocycles. The molecule has 82 valence electrons. The summed E-state index contributed by atoms with van der Waals surface area (Å²) in [6, 6.07) is 0. The SMILES string of the molecule is CCC(=O)C(C)C1CCCC(CC)C1. The van der Waals surface area contributed by atoms with Crippen molar-refractivity contribution in [3.63, 3.8) is 0 Å². The standard InChI is InChI=1S/C13H24O/c1-4-11-7-6-8-12(9-11)10(3)13(14)5-2/h10-12H,4-9H2,1-3H3. The molecule has 14 heavy (non-hydrogen) atoms. The Morgan fingerprint density at radius 2 is 2.07 bits per heavy atom. The number of rotatable bonds is 4. The van der Waals surface area contributed by atoms with Crippen LogP contribution in [0.5, 0.6) is 0 Å². The van der Waals surface area contributed by atoms with Crippen LogP contribution in [0.1, 0.15) is 59.3 Å². The van der Waals surface area contributed by atoms with Gasteiger partial charge in [0.2, 0.25) is 0 Å². The van der Waals surface area contributed by atoms with Crippen LogP contribution in [-0.2, 0) is 4.79 Å². The molecule has 0 spiro atoms. The van der Waals surface area contributed by atoms with Crippen LogP contribution in [0.3, 0.4) is 0 Å². The third-order valence-corrected chi connectivity index (χ3v) is 3.96. The summed E-state index contributed by atoms with van der Waals surface area (Å²) in [5.74, 6) is 2.35. The molecule has 1 heteroatoms. The molecule has 0 bridgehead atoms. The van der Waals surface area contributed by atoms with E-state index in [1.807, 2.05) is 6.92 Å². The van der Waals surface area contributed by atoms with Crippen LogP contribution in [0.15, 0.2) is 0 Å². The third-order valence-electron chi connectivity index (χ3n) is 3.96. The van der Waals surface area contributed by atoms with E-state index in [1.165, 1.54) is 32.1 Å². The minimum absolute atomic E-state index is 0.314. The maximum atomic E-state index is 11.6. The maximum Gasteiger partial charge on any atom is 0.135 e. The normalized spacial score (nSPS) is 29.9. The number of hydrogen-bond acceptors (Lipinski definition) is 1. The van der Waals surface area contributed by atoms with E-state index >= 15 is 0 Å². The third kappa shape index (κ3) is 2.83. The van der Waals surface area contributed by atoms with Gasteiger partial charge in [0, 0.05) is 12.3 Å². The Bertz CT molecular complexity index is 186. The van der Waals surface area contributed by atoms with Crippen molar-refractivity contribution in [1.82, 2.24) is 0 Å². The van der Waals surface area contributed by atoms with Crippen molar-refractivity contribution in [3.8, 4) is 0 Å². The van der Waals surface area contributed by atoms with Gasteiger partial charge >= 0.3 is 0 Å². The van der Waals surface area contributed by atoms with E-state index in [2.05, 4.69) is 13.8 Å². The zero-order chi connectivity index (χ0) is 10.6. The van der Waals surface area contributed by atoms with E-state index < -0.39 is 0 Å². The molecule has 1 nitrogen and oxygen atoms in total. The summed E-state index contributed by atoms with van der Waals surface area (Å²) in [5.41, 5.74) is 0. The molecule has 0 aromatic heterocycles. The highest BCUT2D eigenvalue weighted by Crippen LogP contribution is 2.35. The number of carbonyl (C=O) groups is 1. The molecule has 0 amide bonds. The molecular weight excluding hydrogens is 172 g/mol. The second-order valence-electron chi connectivity index (χ2n) is 4.81. The van der Waals surface area contributed by atoms with Crippen molar-refractivity contribution < 1.29 is 4.79 Å². The van der Waals surface area contributed by atoms with Crippen molar-refractivity contribution in [2.24, 2.45) is 17.8 Å². The molecule has 1 aliphatic rings. The lowest BCUT2D eigenvalue weighted by atomic mass is 9.73. The maximum absolute atomic E-state index is 11.6. The Morgan fingerprint density at radius 1 is 1.36 bits per heavy atom. The highest BCUT2D eigenvalue weighted by Gasteiger charge is 2.27. The molecule has 3 atom stereocenters. The minimum Gasteiger partial charge on any atom is -0.299 e. The van der Waals surface area contributed by atoms with Crippen LogP contribution in [-0.4, -0.2) is 5.78 Å². The number of ketones is 1. The summed E-state index contributed by atoms with van der Waals surface area (Å²) in [6.07, 6.45) is 7.31. The van der Waals surface area contributed by atoms with Crippen LogP contribution in [0, 0.1) is 17.8 Å². The smallest absolute Gasteiger partial charge is 0.135 e. The second-order valence-corrected chi connectivity index (χ2v) is 4.81. The molecule has 1 aliphatic carbocycles. The molecule has 0 aromatic rings. The Kier molecular flexibility index (Phi) is 4.64. The number of Topliss-reactive ketones (excluding diaryl/α,β-unsaturated/α-hetero) is 1. The average molecular weight is 196 g/mol. The number of carbonyl (C=O) groups excluding carboxylic acids is 1. The predicted molar refractivity (Wildman–Crippen MR) is 60.2 cm³/mol. The minimum atomic E-state index is 0.314. The van der Waals surface area contributed by atoms with Gasteiger partial charge < -0.3 is 0 Å². The van der Waals surface area contributed by atoms with Gasteiger partial charge in [-0.3, -0.25) is 4.79 Å². The highest BCUT2D eigenvalue weighted by atomic mass is 16.1. The predicted octanol–water partition coefficient (Wildman–Crippen LogP) is 3.82. The molecule has 1 saturated carbocycles. The molecule has 3 unspecified atom stereocenters. The van der Waals surface area contributed by atoms with Gasteiger partial charge in [-0.1, -0.05) is 40.0 Å². The van der Waals surface area contributed by atoms with Crippen molar-refractivity contribution >= 4 is 5.78 Å². The zero-order valence-electron chi connectivity index (χ0n) is 9.88. The molecule has 0 aromatic carbocycles. The Balaban J connectivity index is 2.46. The van der Waals surface area contributed by atoms with E-state index in [-0.39, 0.29) is 0 Å². The van der Waals surface area contributed by atoms with Gasteiger partial charge in [0.25, 0.3) is 0 Å². The molecule has 0 N–H and O–H groups in total. The van der Waals surface area contributed by atoms with Gasteiger partial charge in [-0.2, -0.15) is 0 Å². The van der Waals surface area contributed by atoms with Gasteiger partial charge in [-0.05, 0) is 24.7 Å². The summed E-state index contributed by atoms with van der Waals surface area (Å²) >= 11 is 0. The van der Waals surface area contributed by atoms with Gasteiger partial charge in [-0.25, -0.2) is 0 Å². The average Bonchev–Trinajstić information content (AvgIpc) is 2.27. The van der Waals surface area contributed by atoms with Crippen molar-refractivity contribution in [2.45, 2.75) is 59.3 Å². The zero-order valence-corrected chi connectivity index (χ0v) is 9.88. The topological polar surface area (TPSA) is 17.1 Å². The summed E-state index contributed by atoms with van der Waals surface area (Å²) in [6.45, 7) is 6.40. The Labute approximate surface area is 88.3 Å². The molecule has 0 aliphatic heterocycles. The summed E-state index contributed by atoms with van der Waals surface area (Å²) in [4.78, 5) is 11.6. The van der Waals surface area contributed by atoms with Crippen molar-refractivity contribution in [2.75, 3.05) is 0 Å². The summed E-state index contributed by atoms with van der Waals surface area (Å²) in [5, 5.41) is 0. The molecule has 0 heterocycles. The van der Waals surface area contributed by atoms with Gasteiger partial charge in [0.05, 0.1) is 0 Å². The Hall–Kier alpha value is -0.330. The van der Waals surface area contributed by atoms with E-state index in [0.29, 0.717) is 24.0 Å². The van der Waals surface area contributed by atoms with Crippen LogP contribution in [0.25, 0.3) is 0 Å².